The van der Waals surface area contributed by atoms with Gasteiger partial charge < -0.3 is 15.4 Å². The summed E-state index contributed by atoms with van der Waals surface area (Å²) in [5.41, 5.74) is 8.98. The number of fused-ring (bicyclic) bond motifs is 2. The highest BCUT2D eigenvalue weighted by Crippen LogP contribution is 2.45. The summed E-state index contributed by atoms with van der Waals surface area (Å²) in [6.45, 7) is 2.75. The Morgan fingerprint density at radius 2 is 1.88 bits per heavy atom. The van der Waals surface area contributed by atoms with Crippen molar-refractivity contribution in [3.05, 3.63) is 63.6 Å². The predicted octanol–water partition coefficient (Wildman–Crippen LogP) is 3.47. The Bertz CT molecular complexity index is 796. The SMILES string of the molecule is NCc1ccc2c(c1)C1(CCN(C(=O)c3ccc(Br)cc3)CC1)CO2. The van der Waals surface area contributed by atoms with E-state index >= 15 is 0 Å². The fourth-order valence-electron chi connectivity index (χ4n) is 3.86. The van der Waals surface area contributed by atoms with Crippen LogP contribution < -0.4 is 10.5 Å². The maximum Gasteiger partial charge on any atom is 0.253 e. The average molecular weight is 401 g/mol. The molecule has 0 aliphatic carbocycles. The number of rotatable bonds is 2. The number of hydrogen-bond donors (Lipinski definition) is 1. The van der Waals surface area contributed by atoms with Crippen molar-refractivity contribution in [1.29, 1.82) is 0 Å². The monoisotopic (exact) mass is 400 g/mol. The molecule has 0 atom stereocenters. The fraction of sp³-hybridized carbons (Fsp3) is 0.350. The number of carbonyl (C=O) groups excluding carboxylic acids is 1. The largest absolute Gasteiger partial charge is 0.492 e. The van der Waals surface area contributed by atoms with Gasteiger partial charge in [-0.25, -0.2) is 0 Å². The summed E-state index contributed by atoms with van der Waals surface area (Å²) < 4.78 is 6.92. The van der Waals surface area contributed by atoms with Crippen molar-refractivity contribution in [1.82, 2.24) is 4.90 Å². The summed E-state index contributed by atoms with van der Waals surface area (Å²) in [4.78, 5) is 14.7. The Morgan fingerprint density at radius 3 is 2.56 bits per heavy atom. The number of nitrogens with two attached hydrogens (primary N) is 1. The maximum atomic E-state index is 12.7. The first-order valence-corrected chi connectivity index (χ1v) is 9.42. The van der Waals surface area contributed by atoms with Crippen LogP contribution >= 0.6 is 15.9 Å². The van der Waals surface area contributed by atoms with E-state index in [1.54, 1.807) is 0 Å². The molecule has 2 N–H and O–H groups in total. The minimum absolute atomic E-state index is 0.0248. The molecule has 2 aromatic rings. The highest BCUT2D eigenvalue weighted by molar-refractivity contribution is 9.10. The van der Waals surface area contributed by atoms with Crippen molar-refractivity contribution in [3.8, 4) is 5.75 Å². The smallest absolute Gasteiger partial charge is 0.253 e. The van der Waals surface area contributed by atoms with Crippen molar-refractivity contribution in [3.63, 3.8) is 0 Å². The van der Waals surface area contributed by atoms with Crippen LogP contribution in [0.2, 0.25) is 0 Å². The summed E-state index contributed by atoms with van der Waals surface area (Å²) in [5.74, 6) is 1.09. The van der Waals surface area contributed by atoms with Crippen LogP contribution in [0.15, 0.2) is 46.9 Å². The van der Waals surface area contributed by atoms with Gasteiger partial charge in [0.05, 0.1) is 6.61 Å². The molecule has 1 spiro atoms. The average Bonchev–Trinajstić information content (AvgIpc) is 3.00. The second-order valence-electron chi connectivity index (χ2n) is 6.90. The van der Waals surface area contributed by atoms with E-state index in [-0.39, 0.29) is 11.3 Å². The van der Waals surface area contributed by atoms with Gasteiger partial charge in [0.2, 0.25) is 0 Å². The van der Waals surface area contributed by atoms with Crippen molar-refractivity contribution in [2.75, 3.05) is 19.7 Å². The molecule has 1 saturated heterocycles. The zero-order chi connectivity index (χ0) is 17.4. The number of carbonyl (C=O) groups is 1. The third kappa shape index (κ3) is 2.96. The molecule has 0 unspecified atom stereocenters. The quantitative estimate of drug-likeness (QED) is 0.839. The standard InChI is InChI=1S/C20H21BrN2O2/c21-16-4-2-15(3-5-16)19(24)23-9-7-20(8-10-23)13-25-18-6-1-14(12-22)11-17(18)20/h1-6,11H,7-10,12-13,22H2. The summed E-state index contributed by atoms with van der Waals surface area (Å²) in [5, 5.41) is 0. The minimum Gasteiger partial charge on any atom is -0.492 e. The lowest BCUT2D eigenvalue weighted by Crippen LogP contribution is -2.46. The van der Waals surface area contributed by atoms with Crippen LogP contribution in [0, 0.1) is 0 Å². The van der Waals surface area contributed by atoms with E-state index in [0.717, 1.165) is 47.3 Å². The maximum absolute atomic E-state index is 12.7. The van der Waals surface area contributed by atoms with Crippen molar-refractivity contribution >= 4 is 21.8 Å². The number of halogens is 1. The topological polar surface area (TPSA) is 55.6 Å². The molecule has 2 heterocycles. The molecule has 4 rings (SSSR count). The Kier molecular flexibility index (Phi) is 4.29. The number of amides is 1. The molecule has 0 radical (unpaired) electrons. The van der Waals surface area contributed by atoms with Crippen molar-refractivity contribution in [2.24, 2.45) is 5.73 Å². The van der Waals surface area contributed by atoms with Gasteiger partial charge in [-0.3, -0.25) is 4.79 Å². The minimum atomic E-state index is 0.0248. The van der Waals surface area contributed by atoms with Gasteiger partial charge in [0.15, 0.2) is 0 Å². The molecule has 1 fully saturated rings. The van der Waals surface area contributed by atoms with Gasteiger partial charge in [0, 0.05) is 40.6 Å². The van der Waals surface area contributed by atoms with Crippen LogP contribution in [0.4, 0.5) is 0 Å². The number of hydrogen-bond acceptors (Lipinski definition) is 3. The summed E-state index contributed by atoms with van der Waals surface area (Å²) in [6, 6.07) is 13.8. The lowest BCUT2D eigenvalue weighted by Gasteiger charge is -2.38. The molecule has 25 heavy (non-hydrogen) atoms. The first-order chi connectivity index (χ1) is 12.1. The number of nitrogens with zero attached hydrogens (tertiary/aromatic N) is 1. The molecule has 0 bridgehead atoms. The molecule has 0 saturated carbocycles. The molecular formula is C20H21BrN2O2. The van der Waals surface area contributed by atoms with E-state index in [9.17, 15) is 4.79 Å². The van der Waals surface area contributed by atoms with Crippen LogP contribution in [0.5, 0.6) is 5.75 Å². The molecule has 2 aliphatic rings. The van der Waals surface area contributed by atoms with E-state index in [1.165, 1.54) is 5.56 Å². The molecular weight excluding hydrogens is 380 g/mol. The third-order valence-corrected chi connectivity index (χ3v) is 5.98. The number of benzene rings is 2. The first kappa shape index (κ1) is 16.6. The molecule has 2 aliphatic heterocycles. The van der Waals surface area contributed by atoms with Gasteiger partial charge in [-0.1, -0.05) is 28.1 Å². The number of ether oxygens (including phenoxy) is 1. The van der Waals surface area contributed by atoms with Crippen LogP contribution in [0.3, 0.4) is 0 Å². The molecule has 5 heteroatoms. The van der Waals surface area contributed by atoms with E-state index in [1.807, 2.05) is 41.3 Å². The molecule has 1 amide bonds. The molecule has 2 aromatic carbocycles. The summed E-state index contributed by atoms with van der Waals surface area (Å²) in [7, 11) is 0. The van der Waals surface area contributed by atoms with E-state index in [0.29, 0.717) is 13.2 Å². The highest BCUT2D eigenvalue weighted by Gasteiger charge is 2.43. The second-order valence-corrected chi connectivity index (χ2v) is 7.82. The van der Waals surface area contributed by atoms with Crippen LogP contribution in [-0.2, 0) is 12.0 Å². The predicted molar refractivity (Wildman–Crippen MR) is 101 cm³/mol. The Morgan fingerprint density at radius 1 is 1.16 bits per heavy atom. The number of piperidine rings is 1. The van der Waals surface area contributed by atoms with Crippen molar-refractivity contribution in [2.45, 2.75) is 24.8 Å². The third-order valence-electron chi connectivity index (χ3n) is 5.45. The van der Waals surface area contributed by atoms with Crippen LogP contribution in [-0.4, -0.2) is 30.5 Å². The summed E-state index contributed by atoms with van der Waals surface area (Å²) in [6.07, 6.45) is 1.85. The van der Waals surface area contributed by atoms with E-state index in [4.69, 9.17) is 10.5 Å². The number of likely N-dealkylation sites (tertiary alicyclic amines) is 1. The zero-order valence-electron chi connectivity index (χ0n) is 14.0. The van der Waals surface area contributed by atoms with E-state index in [2.05, 4.69) is 22.0 Å². The lowest BCUT2D eigenvalue weighted by molar-refractivity contribution is 0.0646. The van der Waals surface area contributed by atoms with Gasteiger partial charge in [-0.05, 0) is 48.7 Å². The second kappa shape index (κ2) is 6.46. The zero-order valence-corrected chi connectivity index (χ0v) is 15.6. The van der Waals surface area contributed by atoms with Crippen LogP contribution in [0.25, 0.3) is 0 Å². The Balaban J connectivity index is 1.51. The lowest BCUT2D eigenvalue weighted by atomic mass is 9.74. The molecule has 4 nitrogen and oxygen atoms in total. The fourth-order valence-corrected chi connectivity index (χ4v) is 4.13. The van der Waals surface area contributed by atoms with Crippen molar-refractivity contribution < 1.29 is 9.53 Å². The van der Waals surface area contributed by atoms with Crippen LogP contribution in [0.1, 0.15) is 34.3 Å². The van der Waals surface area contributed by atoms with Gasteiger partial charge in [0.1, 0.15) is 5.75 Å². The summed E-state index contributed by atoms with van der Waals surface area (Å²) >= 11 is 3.41. The highest BCUT2D eigenvalue weighted by atomic mass is 79.9. The van der Waals surface area contributed by atoms with Gasteiger partial charge >= 0.3 is 0 Å². The Hall–Kier alpha value is -1.85. The first-order valence-electron chi connectivity index (χ1n) is 8.62. The normalized spacial score (nSPS) is 18.1. The molecule has 0 aromatic heterocycles. The van der Waals surface area contributed by atoms with Gasteiger partial charge in [0.25, 0.3) is 5.91 Å². The molecule has 130 valence electrons. The van der Waals surface area contributed by atoms with Gasteiger partial charge in [-0.15, -0.1) is 0 Å². The Labute approximate surface area is 156 Å². The van der Waals surface area contributed by atoms with Gasteiger partial charge in [-0.2, -0.15) is 0 Å². The van der Waals surface area contributed by atoms with E-state index < -0.39 is 0 Å².